The number of hydrogen-bond acceptors (Lipinski definition) is 5. The van der Waals surface area contributed by atoms with E-state index in [2.05, 4.69) is 31.9 Å². The van der Waals surface area contributed by atoms with Gasteiger partial charge in [0.1, 0.15) is 12.2 Å². The van der Waals surface area contributed by atoms with Gasteiger partial charge in [0.15, 0.2) is 0 Å². The number of carbonyl (C=O) groups is 2. The number of aromatic nitrogens is 2. The first-order valence-electron chi connectivity index (χ1n) is 13.6. The van der Waals surface area contributed by atoms with Crippen molar-refractivity contribution in [2.45, 2.75) is 31.7 Å². The van der Waals surface area contributed by atoms with Gasteiger partial charge in [0, 0.05) is 58.8 Å². The predicted molar refractivity (Wildman–Crippen MR) is 149 cm³/mol. The normalized spacial score (nSPS) is 21.1. The van der Waals surface area contributed by atoms with Crippen LogP contribution < -0.4 is 10.6 Å². The summed E-state index contributed by atoms with van der Waals surface area (Å²) in [5, 5.41) is 22.6. The van der Waals surface area contributed by atoms with Crippen LogP contribution in [0, 0.1) is 0 Å². The van der Waals surface area contributed by atoms with Crippen LogP contribution in [0.25, 0.3) is 43.6 Å². The molecule has 1 saturated heterocycles. The second-order valence-electron chi connectivity index (χ2n) is 11.1. The average Bonchev–Trinajstić information content (AvgIpc) is 3.43. The van der Waals surface area contributed by atoms with Gasteiger partial charge in [-0.05, 0) is 30.7 Å². The number of ether oxygens (including phenoxy) is 1. The average molecular weight is 524 g/mol. The number of nitrogens with one attached hydrogen (secondary N) is 2. The molecule has 1 atom stereocenters. The Bertz CT molecular complexity index is 1850. The number of amides is 2. The Hall–Kier alpha value is -4.08. The van der Waals surface area contributed by atoms with Crippen molar-refractivity contribution >= 4 is 55.6 Å². The molecule has 39 heavy (non-hydrogen) atoms. The molecule has 198 valence electrons. The first-order valence-corrected chi connectivity index (χ1v) is 13.6. The Kier molecular flexibility index (Phi) is 4.81. The molecule has 0 saturated carbocycles. The molecule has 0 bridgehead atoms. The summed E-state index contributed by atoms with van der Waals surface area (Å²) in [4.78, 5) is 28.0. The second kappa shape index (κ2) is 8.21. The van der Waals surface area contributed by atoms with Crippen molar-refractivity contribution in [2.24, 2.45) is 0 Å². The van der Waals surface area contributed by atoms with Crippen molar-refractivity contribution in [3.8, 4) is 0 Å². The number of fused-ring (bicyclic) bond motifs is 9. The molecule has 5 aromatic rings. The van der Waals surface area contributed by atoms with Crippen molar-refractivity contribution < 1.29 is 19.4 Å². The number of nitrogens with zero attached hydrogens (tertiary/aromatic N) is 3. The van der Waals surface area contributed by atoms with Gasteiger partial charge >= 0.3 is 6.09 Å². The Morgan fingerprint density at radius 3 is 2.33 bits per heavy atom. The van der Waals surface area contributed by atoms with Crippen LogP contribution >= 0.6 is 0 Å². The Morgan fingerprint density at radius 2 is 1.59 bits per heavy atom. The predicted octanol–water partition coefficient (Wildman–Crippen LogP) is 3.32. The van der Waals surface area contributed by atoms with Gasteiger partial charge in [-0.1, -0.05) is 36.4 Å². The van der Waals surface area contributed by atoms with E-state index in [1.807, 2.05) is 36.4 Å². The van der Waals surface area contributed by atoms with Gasteiger partial charge < -0.3 is 34.5 Å². The van der Waals surface area contributed by atoms with Crippen LogP contribution in [0.3, 0.4) is 0 Å². The van der Waals surface area contributed by atoms with E-state index < -0.39 is 11.7 Å². The minimum atomic E-state index is -1.37. The van der Waals surface area contributed by atoms with E-state index >= 15 is 0 Å². The van der Waals surface area contributed by atoms with Crippen LogP contribution in [0.5, 0.6) is 0 Å². The van der Waals surface area contributed by atoms with Gasteiger partial charge in [0.05, 0.1) is 29.7 Å². The summed E-state index contributed by atoms with van der Waals surface area (Å²) in [6.45, 7) is 3.66. The largest absolute Gasteiger partial charge is 0.446 e. The zero-order valence-corrected chi connectivity index (χ0v) is 21.5. The highest BCUT2D eigenvalue weighted by molar-refractivity contribution is 6.30. The number of para-hydroxylation sites is 2. The van der Waals surface area contributed by atoms with E-state index in [9.17, 15) is 14.7 Å². The van der Waals surface area contributed by atoms with Gasteiger partial charge in [-0.2, -0.15) is 0 Å². The van der Waals surface area contributed by atoms with Gasteiger partial charge in [-0.3, -0.25) is 4.79 Å². The highest BCUT2D eigenvalue weighted by Gasteiger charge is 2.39. The number of aliphatic hydroxyl groups is 1. The highest BCUT2D eigenvalue weighted by Crippen LogP contribution is 2.46. The molecule has 5 heterocycles. The summed E-state index contributed by atoms with van der Waals surface area (Å²) in [7, 11) is 0. The molecule has 2 aromatic heterocycles. The number of benzene rings is 3. The van der Waals surface area contributed by atoms with Crippen LogP contribution in [0.4, 0.5) is 4.79 Å². The summed E-state index contributed by atoms with van der Waals surface area (Å²) < 4.78 is 10.1. The summed E-state index contributed by atoms with van der Waals surface area (Å²) in [5.41, 5.74) is 4.26. The van der Waals surface area contributed by atoms with Gasteiger partial charge in [-0.15, -0.1) is 0 Å². The molecule has 9 heteroatoms. The van der Waals surface area contributed by atoms with Crippen molar-refractivity contribution in [1.82, 2.24) is 24.7 Å². The lowest BCUT2D eigenvalue weighted by atomic mass is 9.97. The monoisotopic (exact) mass is 523 g/mol. The van der Waals surface area contributed by atoms with Crippen molar-refractivity contribution in [2.75, 3.05) is 32.8 Å². The molecule has 0 radical (unpaired) electrons. The zero-order valence-electron chi connectivity index (χ0n) is 21.5. The lowest BCUT2D eigenvalue weighted by molar-refractivity contribution is -0.0481. The maximum absolute atomic E-state index is 13.3. The minimum Gasteiger partial charge on any atom is -0.446 e. The number of rotatable bonds is 2. The third-order valence-electron chi connectivity index (χ3n) is 8.64. The summed E-state index contributed by atoms with van der Waals surface area (Å²) in [6, 6.07) is 16.2. The first-order chi connectivity index (χ1) is 19.0. The van der Waals surface area contributed by atoms with E-state index in [1.165, 1.54) is 0 Å². The molecule has 8 rings (SSSR count). The Balaban J connectivity index is 1.36. The third-order valence-corrected chi connectivity index (χ3v) is 8.64. The smallest absolute Gasteiger partial charge is 0.409 e. The quantitative estimate of drug-likeness (QED) is 0.330. The molecule has 3 aliphatic heterocycles. The SMILES string of the molecule is O=C1NCc2c1c1c3ccccc3n3c1c1c2c2ccccc2n1CC(O)(COC(=O)N1CCCNCC1)C3. The van der Waals surface area contributed by atoms with E-state index in [0.717, 1.165) is 74.2 Å². The maximum atomic E-state index is 13.3. The third kappa shape index (κ3) is 3.20. The van der Waals surface area contributed by atoms with Gasteiger partial charge in [0.2, 0.25) is 0 Å². The number of hydrogen-bond donors (Lipinski definition) is 3. The van der Waals surface area contributed by atoms with E-state index in [0.29, 0.717) is 19.6 Å². The van der Waals surface area contributed by atoms with Crippen molar-refractivity contribution in [3.05, 3.63) is 59.7 Å². The van der Waals surface area contributed by atoms with Crippen LogP contribution in [-0.2, 0) is 24.4 Å². The molecule has 3 aliphatic rings. The fourth-order valence-corrected chi connectivity index (χ4v) is 6.99. The maximum Gasteiger partial charge on any atom is 0.409 e. The molecule has 3 N–H and O–H groups in total. The summed E-state index contributed by atoms with van der Waals surface area (Å²) in [6.07, 6.45) is 0.475. The molecule has 0 spiro atoms. The lowest BCUT2D eigenvalue weighted by Crippen LogP contribution is -2.45. The summed E-state index contributed by atoms with van der Waals surface area (Å²) >= 11 is 0. The topological polar surface area (TPSA) is 101 Å². The molecule has 9 nitrogen and oxygen atoms in total. The van der Waals surface area contributed by atoms with E-state index in [-0.39, 0.29) is 25.6 Å². The summed E-state index contributed by atoms with van der Waals surface area (Å²) in [5.74, 6) is -0.0630. The molecular formula is C30H29N5O4. The van der Waals surface area contributed by atoms with Crippen LogP contribution in [-0.4, -0.2) is 69.5 Å². The van der Waals surface area contributed by atoms with Crippen LogP contribution in [0.1, 0.15) is 22.3 Å². The number of carbonyl (C=O) groups excluding carboxylic acids is 2. The zero-order chi connectivity index (χ0) is 26.3. The highest BCUT2D eigenvalue weighted by atomic mass is 16.6. The van der Waals surface area contributed by atoms with Crippen LogP contribution in [0.2, 0.25) is 0 Å². The lowest BCUT2D eigenvalue weighted by Gasteiger charge is -2.29. The van der Waals surface area contributed by atoms with Gasteiger partial charge in [0.25, 0.3) is 5.91 Å². The second-order valence-corrected chi connectivity index (χ2v) is 11.1. The van der Waals surface area contributed by atoms with Gasteiger partial charge in [-0.25, -0.2) is 4.79 Å². The molecular weight excluding hydrogens is 494 g/mol. The molecule has 3 aromatic carbocycles. The standard InChI is InChI=1S/C30H29N5O4/c36-28-25-20(14-32-28)23-18-6-1-3-8-21(18)34-15-30(38,17-39-29(37)33-12-5-10-31-11-13-33)16-35-22-9-4-2-7-19(22)24(25)27(35)26(23)34/h1-4,6-9,31,38H,5,10-17H2,(H,32,36). The van der Waals surface area contributed by atoms with Crippen molar-refractivity contribution in [3.63, 3.8) is 0 Å². The first kappa shape index (κ1) is 22.9. The molecule has 2 amide bonds. The fraction of sp³-hybridized carbons (Fsp3) is 0.333. The Morgan fingerprint density at radius 1 is 0.923 bits per heavy atom. The molecule has 1 unspecified atom stereocenters. The fourth-order valence-electron chi connectivity index (χ4n) is 6.99. The van der Waals surface area contributed by atoms with Crippen molar-refractivity contribution in [1.29, 1.82) is 0 Å². The van der Waals surface area contributed by atoms with E-state index in [4.69, 9.17) is 4.74 Å². The molecule has 1 fully saturated rings. The minimum absolute atomic E-state index is 0.0630. The molecule has 0 aliphatic carbocycles. The van der Waals surface area contributed by atoms with E-state index in [1.54, 1.807) is 4.90 Å². The van der Waals surface area contributed by atoms with Crippen LogP contribution in [0.15, 0.2) is 48.5 Å². The Labute approximate surface area is 223 Å².